The van der Waals surface area contributed by atoms with Crippen LogP contribution in [0.25, 0.3) is 11.4 Å². The van der Waals surface area contributed by atoms with Gasteiger partial charge in [-0.2, -0.15) is 0 Å². The van der Waals surface area contributed by atoms with Gasteiger partial charge in [-0.05, 0) is 30.9 Å². The molecule has 3 aromatic rings. The molecule has 0 bridgehead atoms. The molecule has 5 rings (SSSR count). The van der Waals surface area contributed by atoms with E-state index in [0.29, 0.717) is 35.6 Å². The summed E-state index contributed by atoms with van der Waals surface area (Å²) in [5.41, 5.74) is 2.44. The average Bonchev–Trinajstić information content (AvgIpc) is 3.27. The molecule has 0 spiro atoms. The molecule has 0 amide bonds. The zero-order valence-electron chi connectivity index (χ0n) is 18.3. The van der Waals surface area contributed by atoms with Crippen LogP contribution in [0.1, 0.15) is 49.8 Å². The largest absolute Gasteiger partial charge is 0.467 e. The Morgan fingerprint density at radius 1 is 1.27 bits per heavy atom. The Kier molecular flexibility index (Phi) is 6.28. The smallest absolute Gasteiger partial charge is 0.270 e. The Bertz CT molecular complexity index is 1150. The Labute approximate surface area is 195 Å². The van der Waals surface area contributed by atoms with Crippen molar-refractivity contribution in [3.05, 3.63) is 57.9 Å². The molecular formula is C23H25N5O4S. The number of hydrogen-bond acceptors (Lipinski definition) is 8. The Morgan fingerprint density at radius 2 is 2.15 bits per heavy atom. The first-order valence-electron chi connectivity index (χ1n) is 11.1. The van der Waals surface area contributed by atoms with Gasteiger partial charge in [0.1, 0.15) is 5.75 Å². The predicted octanol–water partition coefficient (Wildman–Crippen LogP) is 5.16. The quantitative estimate of drug-likeness (QED) is 0.278. The van der Waals surface area contributed by atoms with Crippen LogP contribution in [0, 0.1) is 16.0 Å². The number of nitro groups is 1. The van der Waals surface area contributed by atoms with Crippen molar-refractivity contribution in [2.45, 2.75) is 56.2 Å². The molecule has 1 saturated carbocycles. The molecule has 9 nitrogen and oxygen atoms in total. The molecule has 1 aliphatic heterocycles. The molecular weight excluding hydrogens is 442 g/mol. The van der Waals surface area contributed by atoms with E-state index in [4.69, 9.17) is 9.47 Å². The highest BCUT2D eigenvalue weighted by Gasteiger charge is 2.29. The number of nitrogens with zero attached hydrogens (tertiary/aromatic N) is 5. The monoisotopic (exact) mass is 467 g/mol. The van der Waals surface area contributed by atoms with Gasteiger partial charge in [-0.3, -0.25) is 19.7 Å². The lowest BCUT2D eigenvalue weighted by Gasteiger charge is -2.31. The van der Waals surface area contributed by atoms with Gasteiger partial charge in [0.05, 0.1) is 11.5 Å². The third-order valence-electron chi connectivity index (χ3n) is 6.32. The van der Waals surface area contributed by atoms with E-state index in [9.17, 15) is 10.1 Å². The van der Waals surface area contributed by atoms with Gasteiger partial charge >= 0.3 is 0 Å². The minimum absolute atomic E-state index is 0.0388. The number of thioether (sulfide) groups is 1. The SMILES string of the molecule is C[C@H]1CCCC[C@H]1n1c(SCc2cc([N+](=O)[O-])cc3c2OCOC3)nnc1-c1cccnc1. The van der Waals surface area contributed by atoms with Crippen LogP contribution in [0.3, 0.4) is 0 Å². The molecule has 1 aliphatic carbocycles. The van der Waals surface area contributed by atoms with E-state index in [1.54, 1.807) is 12.3 Å². The molecule has 172 valence electrons. The molecule has 0 saturated heterocycles. The summed E-state index contributed by atoms with van der Waals surface area (Å²) < 4.78 is 13.3. The van der Waals surface area contributed by atoms with Crippen molar-refractivity contribution in [3.63, 3.8) is 0 Å². The van der Waals surface area contributed by atoms with E-state index < -0.39 is 0 Å². The predicted molar refractivity (Wildman–Crippen MR) is 123 cm³/mol. The van der Waals surface area contributed by atoms with E-state index in [1.807, 2.05) is 18.3 Å². The van der Waals surface area contributed by atoms with Crippen LogP contribution >= 0.6 is 11.8 Å². The van der Waals surface area contributed by atoms with E-state index >= 15 is 0 Å². The van der Waals surface area contributed by atoms with E-state index in [-0.39, 0.29) is 17.4 Å². The number of aromatic nitrogens is 4. The molecule has 0 unspecified atom stereocenters. The van der Waals surface area contributed by atoms with Crippen molar-refractivity contribution in [1.82, 2.24) is 19.7 Å². The summed E-state index contributed by atoms with van der Waals surface area (Å²) >= 11 is 1.53. The first kappa shape index (κ1) is 21.8. The van der Waals surface area contributed by atoms with Gasteiger partial charge in [-0.25, -0.2) is 0 Å². The molecule has 2 aromatic heterocycles. The standard InChI is InChI=1S/C23H25N5O4S/c1-15-5-2-3-7-20(15)27-22(16-6-4-8-24-11-16)25-26-23(27)33-13-18-10-19(28(29)30)9-17-12-31-14-32-21(17)18/h4,6,8-11,15,20H,2-3,5,7,12-14H2,1H3/t15-,20+/m0/s1. The Hall–Kier alpha value is -2.98. The average molecular weight is 468 g/mol. The maximum atomic E-state index is 11.5. The third-order valence-corrected chi connectivity index (χ3v) is 7.31. The van der Waals surface area contributed by atoms with Gasteiger partial charge < -0.3 is 9.47 Å². The van der Waals surface area contributed by atoms with Crippen molar-refractivity contribution in [2.24, 2.45) is 5.92 Å². The summed E-state index contributed by atoms with van der Waals surface area (Å²) in [5.74, 6) is 2.48. The summed E-state index contributed by atoms with van der Waals surface area (Å²) in [5, 5.41) is 21.3. The van der Waals surface area contributed by atoms with Crippen LogP contribution in [-0.2, 0) is 17.1 Å². The van der Waals surface area contributed by atoms with Crippen molar-refractivity contribution in [2.75, 3.05) is 6.79 Å². The lowest BCUT2D eigenvalue weighted by atomic mass is 9.85. The van der Waals surface area contributed by atoms with Crippen LogP contribution < -0.4 is 4.74 Å². The number of rotatable bonds is 6. The highest BCUT2D eigenvalue weighted by molar-refractivity contribution is 7.98. The molecule has 0 radical (unpaired) electrons. The van der Waals surface area contributed by atoms with Crippen LogP contribution in [-0.4, -0.2) is 31.5 Å². The van der Waals surface area contributed by atoms with E-state index in [0.717, 1.165) is 28.5 Å². The fourth-order valence-corrected chi connectivity index (χ4v) is 5.64. The fourth-order valence-electron chi connectivity index (χ4n) is 4.68. The van der Waals surface area contributed by atoms with Crippen LogP contribution in [0.15, 0.2) is 41.8 Å². The maximum Gasteiger partial charge on any atom is 0.270 e. The summed E-state index contributed by atoms with van der Waals surface area (Å²) in [4.78, 5) is 15.3. The topological polar surface area (TPSA) is 105 Å². The van der Waals surface area contributed by atoms with Gasteiger partial charge in [0.15, 0.2) is 17.8 Å². The lowest BCUT2D eigenvalue weighted by molar-refractivity contribution is -0.385. The molecule has 2 atom stereocenters. The summed E-state index contributed by atoms with van der Waals surface area (Å²) in [7, 11) is 0. The Morgan fingerprint density at radius 3 is 2.94 bits per heavy atom. The number of pyridine rings is 1. The molecule has 1 aromatic carbocycles. The highest BCUT2D eigenvalue weighted by atomic mass is 32.2. The summed E-state index contributed by atoms with van der Waals surface area (Å²) in [6.07, 6.45) is 8.23. The molecule has 33 heavy (non-hydrogen) atoms. The van der Waals surface area contributed by atoms with Gasteiger partial charge in [-0.1, -0.05) is 31.5 Å². The lowest BCUT2D eigenvalue weighted by Crippen LogP contribution is -2.22. The van der Waals surface area contributed by atoms with Crippen LogP contribution in [0.2, 0.25) is 0 Å². The molecule has 3 heterocycles. The van der Waals surface area contributed by atoms with Gasteiger partial charge in [0.2, 0.25) is 0 Å². The van der Waals surface area contributed by atoms with E-state index in [2.05, 4.69) is 26.7 Å². The minimum atomic E-state index is -0.379. The first-order chi connectivity index (χ1) is 16.1. The van der Waals surface area contributed by atoms with Crippen molar-refractivity contribution in [1.29, 1.82) is 0 Å². The highest BCUT2D eigenvalue weighted by Crippen LogP contribution is 2.41. The molecule has 2 aliphatic rings. The molecule has 10 heteroatoms. The zero-order valence-corrected chi connectivity index (χ0v) is 19.2. The zero-order chi connectivity index (χ0) is 22.8. The molecule has 0 N–H and O–H groups in total. The second-order valence-corrected chi connectivity index (χ2v) is 9.44. The summed E-state index contributed by atoms with van der Waals surface area (Å²) in [6, 6.07) is 7.31. The number of fused-ring (bicyclic) bond motifs is 1. The normalized spacial score (nSPS) is 20.2. The second kappa shape index (κ2) is 9.48. The maximum absolute atomic E-state index is 11.5. The van der Waals surface area contributed by atoms with Gasteiger partial charge in [-0.15, -0.1) is 10.2 Å². The number of benzene rings is 1. The summed E-state index contributed by atoms with van der Waals surface area (Å²) in [6.45, 7) is 2.73. The van der Waals surface area contributed by atoms with Crippen molar-refractivity contribution in [3.8, 4) is 17.1 Å². The number of non-ortho nitro benzene ring substituents is 1. The number of ether oxygens (including phenoxy) is 2. The van der Waals surface area contributed by atoms with Crippen LogP contribution in [0.5, 0.6) is 5.75 Å². The van der Waals surface area contributed by atoms with Crippen molar-refractivity contribution < 1.29 is 14.4 Å². The third kappa shape index (κ3) is 4.45. The number of hydrogen-bond donors (Lipinski definition) is 0. The second-order valence-electron chi connectivity index (χ2n) is 8.50. The first-order valence-corrected chi connectivity index (χ1v) is 12.1. The molecule has 1 fully saturated rings. The van der Waals surface area contributed by atoms with E-state index in [1.165, 1.54) is 37.1 Å². The fraction of sp³-hybridized carbons (Fsp3) is 0.435. The Balaban J connectivity index is 1.50. The van der Waals surface area contributed by atoms with Crippen molar-refractivity contribution >= 4 is 17.4 Å². The van der Waals surface area contributed by atoms with Gasteiger partial charge in [0, 0.05) is 53.0 Å². The number of nitro benzene ring substituents is 1. The van der Waals surface area contributed by atoms with Gasteiger partial charge in [0.25, 0.3) is 5.69 Å². The van der Waals surface area contributed by atoms with Crippen LogP contribution in [0.4, 0.5) is 5.69 Å². The minimum Gasteiger partial charge on any atom is -0.467 e.